The average Bonchev–Trinajstić information content (AvgIpc) is 3.26. The van der Waals surface area contributed by atoms with Crippen LogP contribution in [0, 0.1) is 5.92 Å². The Morgan fingerprint density at radius 2 is 2.13 bits per heavy atom. The van der Waals surface area contributed by atoms with Crippen molar-refractivity contribution < 1.29 is 9.53 Å². The molecule has 0 N–H and O–H groups in total. The van der Waals surface area contributed by atoms with Gasteiger partial charge in [0.2, 0.25) is 0 Å². The van der Waals surface area contributed by atoms with E-state index in [0.29, 0.717) is 18.5 Å². The first kappa shape index (κ1) is 16.3. The summed E-state index contributed by atoms with van der Waals surface area (Å²) in [5.41, 5.74) is 0. The highest BCUT2D eigenvalue weighted by Crippen LogP contribution is 2.29. The predicted octanol–water partition coefficient (Wildman–Crippen LogP) is 1.32. The molecule has 2 heterocycles. The van der Waals surface area contributed by atoms with E-state index >= 15 is 0 Å². The minimum Gasteiger partial charge on any atom is -0.368 e. The van der Waals surface area contributed by atoms with Crippen molar-refractivity contribution in [2.45, 2.75) is 44.9 Å². The number of hydrogen-bond acceptors (Lipinski definition) is 5. The molecule has 0 bridgehead atoms. The second-order valence-corrected chi connectivity index (χ2v) is 6.73. The largest absolute Gasteiger partial charge is 0.368 e. The highest BCUT2D eigenvalue weighted by atomic mass is 16.5. The second-order valence-electron chi connectivity index (χ2n) is 6.73. The summed E-state index contributed by atoms with van der Waals surface area (Å²) >= 11 is 0. The summed E-state index contributed by atoms with van der Waals surface area (Å²) in [6, 6.07) is 2.18. The molecule has 6 heteroatoms. The van der Waals surface area contributed by atoms with Crippen LogP contribution in [0.15, 0.2) is 18.5 Å². The van der Waals surface area contributed by atoms with Crippen molar-refractivity contribution in [3.8, 4) is 0 Å². The van der Waals surface area contributed by atoms with Crippen LogP contribution in [0.3, 0.4) is 0 Å². The van der Waals surface area contributed by atoms with Gasteiger partial charge in [0.25, 0.3) is 5.91 Å². The van der Waals surface area contributed by atoms with Crippen LogP contribution >= 0.6 is 0 Å². The van der Waals surface area contributed by atoms with Crippen LogP contribution in [0.2, 0.25) is 0 Å². The second kappa shape index (κ2) is 7.36. The van der Waals surface area contributed by atoms with E-state index in [0.717, 1.165) is 31.9 Å². The van der Waals surface area contributed by atoms with Crippen LogP contribution in [0.1, 0.15) is 32.0 Å². The smallest absolute Gasteiger partial charge is 0.251 e. The SMILES string of the molecule is C[C@H](OCC1CC1)C(=O)N1CC[C@@H](N(C)Cc2ncccn2)C1. The average molecular weight is 318 g/mol. The van der Waals surface area contributed by atoms with E-state index in [4.69, 9.17) is 4.74 Å². The van der Waals surface area contributed by atoms with Gasteiger partial charge in [0, 0.05) is 31.5 Å². The molecular formula is C17H26N4O2. The molecule has 1 aliphatic heterocycles. The van der Waals surface area contributed by atoms with Gasteiger partial charge in [-0.05, 0) is 45.2 Å². The Morgan fingerprint density at radius 3 is 2.83 bits per heavy atom. The van der Waals surface area contributed by atoms with Crippen molar-refractivity contribution in [2.75, 3.05) is 26.7 Å². The Labute approximate surface area is 137 Å². The van der Waals surface area contributed by atoms with E-state index in [1.807, 2.05) is 17.9 Å². The van der Waals surface area contributed by atoms with Gasteiger partial charge in [0.05, 0.1) is 13.2 Å². The lowest BCUT2D eigenvalue weighted by Gasteiger charge is -2.25. The summed E-state index contributed by atoms with van der Waals surface area (Å²) in [6.07, 6.45) is 6.69. The Balaban J connectivity index is 1.46. The topological polar surface area (TPSA) is 58.6 Å². The lowest BCUT2D eigenvalue weighted by atomic mass is 10.2. The third-order valence-corrected chi connectivity index (χ3v) is 4.74. The molecule has 6 nitrogen and oxygen atoms in total. The number of amides is 1. The van der Waals surface area contributed by atoms with E-state index in [-0.39, 0.29) is 12.0 Å². The zero-order valence-corrected chi connectivity index (χ0v) is 14.0. The molecule has 1 saturated carbocycles. The molecule has 0 aromatic carbocycles. The number of likely N-dealkylation sites (tertiary alicyclic amines) is 1. The number of likely N-dealkylation sites (N-methyl/N-ethyl adjacent to an activating group) is 1. The van der Waals surface area contributed by atoms with Gasteiger partial charge in [0.1, 0.15) is 11.9 Å². The molecule has 1 amide bonds. The Morgan fingerprint density at radius 1 is 1.39 bits per heavy atom. The maximum atomic E-state index is 12.5. The van der Waals surface area contributed by atoms with Crippen molar-refractivity contribution in [3.63, 3.8) is 0 Å². The summed E-state index contributed by atoms with van der Waals surface area (Å²) < 4.78 is 5.71. The molecule has 0 unspecified atom stereocenters. The summed E-state index contributed by atoms with van der Waals surface area (Å²) in [7, 11) is 2.07. The lowest BCUT2D eigenvalue weighted by Crippen LogP contribution is -2.40. The molecule has 1 aromatic heterocycles. The van der Waals surface area contributed by atoms with Crippen LogP contribution < -0.4 is 0 Å². The van der Waals surface area contributed by atoms with E-state index in [9.17, 15) is 4.79 Å². The minimum atomic E-state index is -0.322. The van der Waals surface area contributed by atoms with E-state index in [1.54, 1.807) is 12.4 Å². The molecule has 2 atom stereocenters. The number of ether oxygens (including phenoxy) is 1. The highest BCUT2D eigenvalue weighted by molar-refractivity contribution is 5.80. The first-order valence-corrected chi connectivity index (χ1v) is 8.50. The minimum absolute atomic E-state index is 0.123. The molecule has 23 heavy (non-hydrogen) atoms. The van der Waals surface area contributed by atoms with Crippen molar-refractivity contribution in [1.82, 2.24) is 19.8 Å². The van der Waals surface area contributed by atoms with E-state index in [2.05, 4.69) is 21.9 Å². The molecule has 1 aromatic rings. The van der Waals surface area contributed by atoms with Crippen LogP contribution in [0.25, 0.3) is 0 Å². The van der Waals surface area contributed by atoms with E-state index < -0.39 is 0 Å². The Kier molecular flexibility index (Phi) is 5.23. The third-order valence-electron chi connectivity index (χ3n) is 4.74. The summed E-state index contributed by atoms with van der Waals surface area (Å²) in [4.78, 5) is 25.2. The van der Waals surface area contributed by atoms with Gasteiger partial charge < -0.3 is 9.64 Å². The zero-order valence-electron chi connectivity index (χ0n) is 14.0. The van der Waals surface area contributed by atoms with Gasteiger partial charge in [-0.1, -0.05) is 0 Å². The van der Waals surface area contributed by atoms with Gasteiger partial charge in [-0.15, -0.1) is 0 Å². The normalized spacial score (nSPS) is 22.6. The van der Waals surface area contributed by atoms with Crippen molar-refractivity contribution in [3.05, 3.63) is 24.3 Å². The molecule has 126 valence electrons. The van der Waals surface area contributed by atoms with Gasteiger partial charge in [0.15, 0.2) is 0 Å². The van der Waals surface area contributed by atoms with E-state index in [1.165, 1.54) is 12.8 Å². The lowest BCUT2D eigenvalue weighted by molar-refractivity contribution is -0.142. The number of carbonyl (C=O) groups is 1. The fourth-order valence-electron chi connectivity index (χ4n) is 2.96. The summed E-state index contributed by atoms with van der Waals surface area (Å²) in [5.74, 6) is 1.63. The molecule has 1 aliphatic carbocycles. The number of rotatable bonds is 7. The van der Waals surface area contributed by atoms with Crippen LogP contribution in [0.5, 0.6) is 0 Å². The Bertz CT molecular complexity index is 521. The number of aromatic nitrogens is 2. The van der Waals surface area contributed by atoms with Gasteiger partial charge >= 0.3 is 0 Å². The van der Waals surface area contributed by atoms with Crippen molar-refractivity contribution in [2.24, 2.45) is 5.92 Å². The van der Waals surface area contributed by atoms with Crippen molar-refractivity contribution >= 4 is 5.91 Å². The maximum Gasteiger partial charge on any atom is 0.251 e. The molecule has 0 radical (unpaired) electrons. The molecule has 2 aliphatic rings. The highest BCUT2D eigenvalue weighted by Gasteiger charge is 2.32. The predicted molar refractivity (Wildman–Crippen MR) is 86.6 cm³/mol. The Hall–Kier alpha value is -1.53. The molecule has 1 saturated heterocycles. The van der Waals surface area contributed by atoms with Crippen molar-refractivity contribution in [1.29, 1.82) is 0 Å². The van der Waals surface area contributed by atoms with Gasteiger partial charge in [-0.25, -0.2) is 9.97 Å². The van der Waals surface area contributed by atoms with Crippen LogP contribution in [-0.4, -0.2) is 64.6 Å². The number of carbonyl (C=O) groups excluding carboxylic acids is 1. The molecular weight excluding hydrogens is 292 g/mol. The molecule has 2 fully saturated rings. The summed E-state index contributed by atoms with van der Waals surface area (Å²) in [6.45, 7) is 4.89. The zero-order chi connectivity index (χ0) is 16.2. The van der Waals surface area contributed by atoms with Gasteiger partial charge in [-0.2, -0.15) is 0 Å². The summed E-state index contributed by atoms with van der Waals surface area (Å²) in [5, 5.41) is 0. The number of hydrogen-bond donors (Lipinski definition) is 0. The fraction of sp³-hybridized carbons (Fsp3) is 0.706. The first-order chi connectivity index (χ1) is 11.1. The number of nitrogens with zero attached hydrogens (tertiary/aromatic N) is 4. The maximum absolute atomic E-state index is 12.5. The first-order valence-electron chi connectivity index (χ1n) is 8.50. The monoisotopic (exact) mass is 318 g/mol. The standard InChI is InChI=1S/C17H26N4O2/c1-13(23-12-14-4-5-14)17(22)21-9-6-15(10-21)20(2)11-16-18-7-3-8-19-16/h3,7-8,13-15H,4-6,9-12H2,1-2H3/t13-,15+/m0/s1. The fourth-order valence-corrected chi connectivity index (χ4v) is 2.96. The molecule has 0 spiro atoms. The quantitative estimate of drug-likeness (QED) is 0.759. The molecule has 3 rings (SSSR count). The third kappa shape index (κ3) is 4.48. The van der Waals surface area contributed by atoms with Crippen LogP contribution in [-0.2, 0) is 16.1 Å². The van der Waals surface area contributed by atoms with Gasteiger partial charge in [-0.3, -0.25) is 9.69 Å². The van der Waals surface area contributed by atoms with Crippen LogP contribution in [0.4, 0.5) is 0 Å².